The Labute approximate surface area is 228 Å². The molecular formula is C37H26O2. The van der Waals surface area contributed by atoms with Crippen LogP contribution in [0.2, 0.25) is 0 Å². The van der Waals surface area contributed by atoms with Crippen molar-refractivity contribution in [3.63, 3.8) is 0 Å². The molecule has 0 aromatic heterocycles. The number of hydrogen-bond donors (Lipinski definition) is 0. The van der Waals surface area contributed by atoms with Crippen molar-refractivity contribution >= 4 is 22.7 Å². The van der Waals surface area contributed by atoms with Crippen molar-refractivity contribution < 1.29 is 9.59 Å². The molecule has 0 spiro atoms. The number of benzene rings is 5. The van der Waals surface area contributed by atoms with Gasteiger partial charge in [-0.1, -0.05) is 152 Å². The van der Waals surface area contributed by atoms with Crippen LogP contribution in [0.1, 0.15) is 32.6 Å². The average molecular weight is 503 g/mol. The molecule has 0 aliphatic heterocycles. The minimum absolute atomic E-state index is 0.00259. The second kappa shape index (κ2) is 8.89. The topological polar surface area (TPSA) is 34.1 Å². The van der Waals surface area contributed by atoms with Gasteiger partial charge >= 0.3 is 0 Å². The summed E-state index contributed by atoms with van der Waals surface area (Å²) in [7, 11) is 0. The predicted octanol–water partition coefficient (Wildman–Crippen LogP) is 7.57. The van der Waals surface area contributed by atoms with Crippen molar-refractivity contribution in [1.82, 2.24) is 0 Å². The summed E-state index contributed by atoms with van der Waals surface area (Å²) in [5, 5.41) is 0. The molecule has 3 unspecified atom stereocenters. The Bertz CT molecular complexity index is 1710. The largest absolute Gasteiger partial charge is 0.294 e. The van der Waals surface area contributed by atoms with Gasteiger partial charge in [0.05, 0.1) is 16.7 Å². The Balaban J connectivity index is 1.63. The van der Waals surface area contributed by atoms with E-state index in [0.717, 1.165) is 27.8 Å². The van der Waals surface area contributed by atoms with Crippen LogP contribution in [0.5, 0.6) is 0 Å². The molecule has 0 amide bonds. The first-order chi connectivity index (χ1) is 19.2. The van der Waals surface area contributed by atoms with E-state index in [4.69, 9.17) is 0 Å². The second-order valence-electron chi connectivity index (χ2n) is 10.3. The van der Waals surface area contributed by atoms with E-state index < -0.39 is 16.7 Å². The lowest BCUT2D eigenvalue weighted by Crippen LogP contribution is -2.27. The molecule has 5 aromatic carbocycles. The van der Waals surface area contributed by atoms with Gasteiger partial charge in [0.1, 0.15) is 0 Å². The smallest absolute Gasteiger partial charge is 0.176 e. The van der Waals surface area contributed by atoms with Crippen molar-refractivity contribution in [2.24, 2.45) is 5.92 Å². The van der Waals surface area contributed by atoms with Gasteiger partial charge in [-0.15, -0.1) is 0 Å². The SMILES string of the molecule is O=C(c1ccccc1)C1C2(c3ccccc3)C(=O)C(c3ccccc3)=C(c3ccccc3)C12c1ccccc1. The summed E-state index contributed by atoms with van der Waals surface area (Å²) < 4.78 is 0. The van der Waals surface area contributed by atoms with Crippen LogP contribution in [0.3, 0.4) is 0 Å². The van der Waals surface area contributed by atoms with Gasteiger partial charge in [0.2, 0.25) is 0 Å². The van der Waals surface area contributed by atoms with Crippen LogP contribution in [0.4, 0.5) is 0 Å². The zero-order valence-electron chi connectivity index (χ0n) is 21.3. The van der Waals surface area contributed by atoms with Crippen LogP contribution in [0.25, 0.3) is 11.1 Å². The fourth-order valence-corrected chi connectivity index (χ4v) is 7.12. The monoisotopic (exact) mass is 502 g/mol. The number of rotatable bonds is 6. The summed E-state index contributed by atoms with van der Waals surface area (Å²) in [4.78, 5) is 29.7. The van der Waals surface area contributed by atoms with Gasteiger partial charge in [0, 0.05) is 11.1 Å². The molecule has 0 N–H and O–H groups in total. The van der Waals surface area contributed by atoms with E-state index in [2.05, 4.69) is 24.3 Å². The molecule has 2 heteroatoms. The van der Waals surface area contributed by atoms with E-state index >= 15 is 4.79 Å². The predicted molar refractivity (Wildman–Crippen MR) is 155 cm³/mol. The fourth-order valence-electron chi connectivity index (χ4n) is 7.12. The van der Waals surface area contributed by atoms with Crippen LogP contribution in [0, 0.1) is 5.92 Å². The molecule has 5 aromatic rings. The van der Waals surface area contributed by atoms with Crippen molar-refractivity contribution in [3.05, 3.63) is 179 Å². The van der Waals surface area contributed by atoms with Gasteiger partial charge in [-0.25, -0.2) is 0 Å². The number of hydrogen-bond acceptors (Lipinski definition) is 2. The summed E-state index contributed by atoms with van der Waals surface area (Å²) in [5.74, 6) is -0.568. The molecule has 1 fully saturated rings. The maximum Gasteiger partial charge on any atom is 0.176 e. The van der Waals surface area contributed by atoms with Crippen LogP contribution in [-0.4, -0.2) is 11.6 Å². The molecule has 186 valence electrons. The van der Waals surface area contributed by atoms with Gasteiger partial charge in [-0.2, -0.15) is 0 Å². The van der Waals surface area contributed by atoms with Crippen LogP contribution in [-0.2, 0) is 15.6 Å². The highest BCUT2D eigenvalue weighted by atomic mass is 16.1. The van der Waals surface area contributed by atoms with Gasteiger partial charge in [-0.05, 0) is 27.8 Å². The lowest BCUT2D eigenvalue weighted by atomic mass is 9.77. The molecule has 2 aliphatic rings. The van der Waals surface area contributed by atoms with E-state index in [1.165, 1.54) is 0 Å². The normalized spacial score (nSPS) is 23.4. The first-order valence-electron chi connectivity index (χ1n) is 13.3. The maximum atomic E-state index is 15.2. The number of carbonyl (C=O) groups is 2. The molecule has 2 aliphatic carbocycles. The molecule has 0 saturated heterocycles. The van der Waals surface area contributed by atoms with E-state index in [9.17, 15) is 4.79 Å². The molecule has 0 radical (unpaired) electrons. The maximum absolute atomic E-state index is 15.2. The number of Topliss-reactive ketones (excluding diaryl/α,β-unsaturated/α-hetero) is 2. The van der Waals surface area contributed by atoms with Crippen molar-refractivity contribution in [2.75, 3.05) is 0 Å². The van der Waals surface area contributed by atoms with Crippen LogP contribution < -0.4 is 0 Å². The highest BCUT2D eigenvalue weighted by molar-refractivity contribution is 6.43. The highest BCUT2D eigenvalue weighted by Gasteiger charge is 2.88. The van der Waals surface area contributed by atoms with E-state index in [0.29, 0.717) is 11.1 Å². The Morgan fingerprint density at radius 2 is 0.897 bits per heavy atom. The third kappa shape index (κ3) is 3.09. The van der Waals surface area contributed by atoms with Crippen molar-refractivity contribution in [2.45, 2.75) is 10.8 Å². The lowest BCUT2D eigenvalue weighted by molar-refractivity contribution is -0.116. The number of fused-ring (bicyclic) bond motifs is 1. The molecule has 7 rings (SSSR count). The lowest BCUT2D eigenvalue weighted by Gasteiger charge is -2.23. The molecule has 3 atom stereocenters. The Hall–Kier alpha value is -4.82. The van der Waals surface area contributed by atoms with Crippen molar-refractivity contribution in [3.8, 4) is 0 Å². The standard InChI is InChI=1S/C37H26O2/c38-33(28-20-10-3-11-21-28)34-36(29-22-12-4-13-23-29)32(27-18-8-2-9-19-27)31(26-16-6-1-7-17-26)35(39)37(34,36)30-24-14-5-15-25-30/h1-25,34H. The van der Waals surface area contributed by atoms with E-state index in [1.54, 1.807) is 0 Å². The molecular weight excluding hydrogens is 476 g/mol. The molecule has 0 heterocycles. The zero-order chi connectivity index (χ0) is 26.5. The fraction of sp³-hybridized carbons (Fsp3) is 0.0811. The summed E-state index contributed by atoms with van der Waals surface area (Å²) in [5.41, 5.74) is 4.07. The van der Waals surface area contributed by atoms with Crippen molar-refractivity contribution in [1.29, 1.82) is 0 Å². The Morgan fingerprint density at radius 3 is 1.41 bits per heavy atom. The Morgan fingerprint density at radius 1 is 0.487 bits per heavy atom. The third-order valence-electron chi connectivity index (χ3n) is 8.54. The third-order valence-corrected chi connectivity index (χ3v) is 8.54. The quantitative estimate of drug-likeness (QED) is 0.224. The zero-order valence-corrected chi connectivity index (χ0v) is 21.3. The van der Waals surface area contributed by atoms with Gasteiger partial charge in [0.25, 0.3) is 0 Å². The molecule has 39 heavy (non-hydrogen) atoms. The van der Waals surface area contributed by atoms with Gasteiger partial charge < -0.3 is 0 Å². The van der Waals surface area contributed by atoms with Crippen LogP contribution >= 0.6 is 0 Å². The number of carbonyl (C=O) groups excluding carboxylic acids is 2. The molecule has 1 saturated carbocycles. The van der Waals surface area contributed by atoms with E-state index in [1.807, 2.05) is 127 Å². The summed E-state index contributed by atoms with van der Waals surface area (Å²) in [6.45, 7) is 0. The minimum atomic E-state index is -1.06. The molecule has 2 nitrogen and oxygen atoms in total. The highest BCUT2D eigenvalue weighted by Crippen LogP contribution is 2.81. The number of allylic oxidation sites excluding steroid dienone is 2. The van der Waals surface area contributed by atoms with Gasteiger partial charge in [-0.3, -0.25) is 9.59 Å². The first-order valence-corrected chi connectivity index (χ1v) is 13.3. The summed E-state index contributed by atoms with van der Waals surface area (Å²) >= 11 is 0. The number of ketones is 2. The summed E-state index contributed by atoms with van der Waals surface area (Å²) in [6.07, 6.45) is 0. The van der Waals surface area contributed by atoms with Gasteiger partial charge in [0.15, 0.2) is 11.6 Å². The molecule has 0 bridgehead atoms. The first kappa shape index (κ1) is 23.3. The Kier molecular flexibility index (Phi) is 5.31. The van der Waals surface area contributed by atoms with Crippen LogP contribution in [0.15, 0.2) is 152 Å². The van der Waals surface area contributed by atoms with E-state index in [-0.39, 0.29) is 11.6 Å². The average Bonchev–Trinajstić information content (AvgIpc) is 3.59. The second-order valence-corrected chi connectivity index (χ2v) is 10.3. The minimum Gasteiger partial charge on any atom is -0.294 e. The summed E-state index contributed by atoms with van der Waals surface area (Å²) in [6, 6.07) is 49.6.